The third-order valence-corrected chi connectivity index (χ3v) is 4.44. The predicted molar refractivity (Wildman–Crippen MR) is 95.9 cm³/mol. The van der Waals surface area contributed by atoms with Gasteiger partial charge in [0.15, 0.2) is 0 Å². The largest absolute Gasteiger partial charge is 0.486 e. The number of thiazole rings is 1. The summed E-state index contributed by atoms with van der Waals surface area (Å²) in [4.78, 5) is 4.37. The van der Waals surface area contributed by atoms with Gasteiger partial charge in [-0.15, -0.1) is 11.3 Å². The third-order valence-electron chi connectivity index (χ3n) is 3.62. The summed E-state index contributed by atoms with van der Waals surface area (Å²) in [5.74, 6) is 0.877. The fourth-order valence-electron chi connectivity index (χ4n) is 2.47. The van der Waals surface area contributed by atoms with Crippen LogP contribution in [0.15, 0.2) is 66.2 Å². The summed E-state index contributed by atoms with van der Waals surface area (Å²) < 4.78 is 6.28. The molecule has 1 unspecified atom stereocenters. The molecule has 3 nitrogen and oxygen atoms in total. The van der Waals surface area contributed by atoms with E-state index in [1.54, 1.807) is 11.3 Å². The van der Waals surface area contributed by atoms with Gasteiger partial charge in [0.1, 0.15) is 16.9 Å². The van der Waals surface area contributed by atoms with E-state index in [9.17, 15) is 0 Å². The van der Waals surface area contributed by atoms with Crippen LogP contribution in [0.4, 0.5) is 0 Å². The highest BCUT2D eigenvalue weighted by Crippen LogP contribution is 2.29. The van der Waals surface area contributed by atoms with Crippen molar-refractivity contribution in [1.82, 2.24) is 10.3 Å². The summed E-state index contributed by atoms with van der Waals surface area (Å²) in [6.45, 7) is 0.908. The second kappa shape index (κ2) is 7.90. The Labute approximate surface area is 141 Å². The molecule has 1 aromatic heterocycles. The van der Waals surface area contributed by atoms with Crippen molar-refractivity contribution >= 4 is 11.3 Å². The molecule has 1 N–H and O–H groups in total. The minimum atomic E-state index is 0.0372. The van der Waals surface area contributed by atoms with Gasteiger partial charge in [0, 0.05) is 23.6 Å². The molecule has 0 aliphatic carbocycles. The van der Waals surface area contributed by atoms with Crippen LogP contribution in [0, 0.1) is 0 Å². The Bertz CT molecular complexity index is 713. The Morgan fingerprint density at radius 3 is 2.74 bits per heavy atom. The van der Waals surface area contributed by atoms with Crippen molar-refractivity contribution in [1.29, 1.82) is 0 Å². The van der Waals surface area contributed by atoms with Gasteiger partial charge < -0.3 is 10.1 Å². The molecule has 1 heterocycles. The van der Waals surface area contributed by atoms with E-state index in [1.165, 1.54) is 5.56 Å². The SMILES string of the molecule is CNCCC(Oc1cccc(-c2nccs2)c1)c1ccccc1. The molecule has 118 valence electrons. The van der Waals surface area contributed by atoms with E-state index in [2.05, 4.69) is 46.7 Å². The van der Waals surface area contributed by atoms with Gasteiger partial charge >= 0.3 is 0 Å². The van der Waals surface area contributed by atoms with Crippen LogP contribution in [-0.2, 0) is 0 Å². The molecule has 0 fully saturated rings. The van der Waals surface area contributed by atoms with E-state index < -0.39 is 0 Å². The van der Waals surface area contributed by atoms with Gasteiger partial charge in [-0.3, -0.25) is 0 Å². The number of rotatable bonds is 7. The predicted octanol–water partition coefficient (Wildman–Crippen LogP) is 4.54. The lowest BCUT2D eigenvalue weighted by atomic mass is 10.1. The van der Waals surface area contributed by atoms with Crippen LogP contribution in [0.3, 0.4) is 0 Å². The molecule has 0 saturated heterocycles. The average molecular weight is 324 g/mol. The normalized spacial score (nSPS) is 12.0. The van der Waals surface area contributed by atoms with Crippen molar-refractivity contribution < 1.29 is 4.74 Å². The lowest BCUT2D eigenvalue weighted by Crippen LogP contribution is -2.16. The van der Waals surface area contributed by atoms with Crippen molar-refractivity contribution in [3.05, 3.63) is 71.7 Å². The zero-order chi connectivity index (χ0) is 15.9. The molecular weight excluding hydrogens is 304 g/mol. The van der Waals surface area contributed by atoms with Gasteiger partial charge in [-0.05, 0) is 31.3 Å². The number of benzene rings is 2. The molecule has 0 amide bonds. The van der Waals surface area contributed by atoms with Gasteiger partial charge in [-0.1, -0.05) is 42.5 Å². The molecule has 0 saturated carbocycles. The van der Waals surface area contributed by atoms with Gasteiger partial charge in [0.2, 0.25) is 0 Å². The van der Waals surface area contributed by atoms with Crippen LogP contribution < -0.4 is 10.1 Å². The molecule has 0 aliphatic rings. The first kappa shape index (κ1) is 15.7. The zero-order valence-electron chi connectivity index (χ0n) is 13.1. The van der Waals surface area contributed by atoms with E-state index in [-0.39, 0.29) is 6.10 Å². The molecular formula is C19H20N2OS. The first-order chi connectivity index (χ1) is 11.4. The molecule has 3 rings (SSSR count). The van der Waals surface area contributed by atoms with E-state index in [0.29, 0.717) is 0 Å². The van der Waals surface area contributed by atoms with Gasteiger partial charge in [0.05, 0.1) is 0 Å². The maximum atomic E-state index is 6.28. The van der Waals surface area contributed by atoms with Crippen LogP contribution in [-0.4, -0.2) is 18.6 Å². The van der Waals surface area contributed by atoms with Crippen molar-refractivity contribution in [2.45, 2.75) is 12.5 Å². The van der Waals surface area contributed by atoms with Crippen molar-refractivity contribution in [3.8, 4) is 16.3 Å². The van der Waals surface area contributed by atoms with E-state index in [4.69, 9.17) is 4.74 Å². The molecule has 0 aliphatic heterocycles. The van der Waals surface area contributed by atoms with E-state index >= 15 is 0 Å². The summed E-state index contributed by atoms with van der Waals surface area (Å²) in [5.41, 5.74) is 2.29. The molecule has 0 bridgehead atoms. The lowest BCUT2D eigenvalue weighted by Gasteiger charge is -2.20. The molecule has 0 radical (unpaired) electrons. The Morgan fingerprint density at radius 1 is 1.13 bits per heavy atom. The molecule has 23 heavy (non-hydrogen) atoms. The van der Waals surface area contributed by atoms with Crippen LogP contribution in [0.25, 0.3) is 10.6 Å². The second-order valence-electron chi connectivity index (χ2n) is 5.27. The number of hydrogen-bond acceptors (Lipinski definition) is 4. The third kappa shape index (κ3) is 4.18. The van der Waals surface area contributed by atoms with Gasteiger partial charge in [-0.25, -0.2) is 4.98 Å². The molecule has 0 spiro atoms. The maximum absolute atomic E-state index is 6.28. The average Bonchev–Trinajstić information content (AvgIpc) is 3.14. The standard InChI is InChI=1S/C19H20N2OS/c1-20-11-10-18(15-6-3-2-4-7-15)22-17-9-5-8-16(14-17)19-21-12-13-23-19/h2-9,12-14,18,20H,10-11H2,1H3. The fourth-order valence-corrected chi connectivity index (χ4v) is 3.10. The first-order valence-electron chi connectivity index (χ1n) is 7.73. The zero-order valence-corrected chi connectivity index (χ0v) is 13.9. The smallest absolute Gasteiger partial charge is 0.125 e. The summed E-state index contributed by atoms with van der Waals surface area (Å²) in [7, 11) is 1.96. The van der Waals surface area contributed by atoms with Gasteiger partial charge in [-0.2, -0.15) is 0 Å². The van der Waals surface area contributed by atoms with E-state index in [0.717, 1.165) is 29.3 Å². The molecule has 1 atom stereocenters. The highest BCUT2D eigenvalue weighted by Gasteiger charge is 2.13. The number of aromatic nitrogens is 1. The van der Waals surface area contributed by atoms with Crippen LogP contribution in [0.2, 0.25) is 0 Å². The van der Waals surface area contributed by atoms with Crippen LogP contribution >= 0.6 is 11.3 Å². The number of nitrogens with zero attached hydrogens (tertiary/aromatic N) is 1. The Hall–Kier alpha value is -2.17. The Morgan fingerprint density at radius 2 is 2.00 bits per heavy atom. The Kier molecular flexibility index (Phi) is 5.40. The van der Waals surface area contributed by atoms with Crippen molar-refractivity contribution in [3.63, 3.8) is 0 Å². The minimum absolute atomic E-state index is 0.0372. The summed E-state index contributed by atoms with van der Waals surface area (Å²) in [6.07, 6.45) is 2.78. The molecule has 2 aromatic carbocycles. The molecule has 4 heteroatoms. The minimum Gasteiger partial charge on any atom is -0.486 e. The summed E-state index contributed by atoms with van der Waals surface area (Å²) >= 11 is 1.64. The molecule has 3 aromatic rings. The van der Waals surface area contributed by atoms with E-state index in [1.807, 2.05) is 36.8 Å². The maximum Gasteiger partial charge on any atom is 0.125 e. The fraction of sp³-hybridized carbons (Fsp3) is 0.211. The first-order valence-corrected chi connectivity index (χ1v) is 8.61. The highest BCUT2D eigenvalue weighted by atomic mass is 32.1. The Balaban J connectivity index is 1.81. The lowest BCUT2D eigenvalue weighted by molar-refractivity contribution is 0.195. The number of ether oxygens (including phenoxy) is 1. The number of nitrogens with one attached hydrogen (secondary N) is 1. The quantitative estimate of drug-likeness (QED) is 0.693. The monoisotopic (exact) mass is 324 g/mol. The van der Waals surface area contributed by atoms with Crippen LogP contribution in [0.1, 0.15) is 18.1 Å². The highest BCUT2D eigenvalue weighted by molar-refractivity contribution is 7.13. The van der Waals surface area contributed by atoms with Crippen molar-refractivity contribution in [2.75, 3.05) is 13.6 Å². The summed E-state index contributed by atoms with van der Waals surface area (Å²) in [6, 6.07) is 18.5. The van der Waals surface area contributed by atoms with Gasteiger partial charge in [0.25, 0.3) is 0 Å². The van der Waals surface area contributed by atoms with Crippen LogP contribution in [0.5, 0.6) is 5.75 Å². The number of hydrogen-bond donors (Lipinski definition) is 1. The second-order valence-corrected chi connectivity index (χ2v) is 6.17. The summed E-state index contributed by atoms with van der Waals surface area (Å²) in [5, 5.41) is 6.20. The van der Waals surface area contributed by atoms with Crippen molar-refractivity contribution in [2.24, 2.45) is 0 Å². The topological polar surface area (TPSA) is 34.1 Å².